The van der Waals surface area contributed by atoms with Crippen molar-refractivity contribution in [2.45, 2.75) is 214 Å². The third kappa shape index (κ3) is 24.9. The Kier molecular flexibility index (Phi) is 25.6. The van der Waals surface area contributed by atoms with Gasteiger partial charge in [-0.3, -0.25) is 0 Å². The highest BCUT2D eigenvalue weighted by molar-refractivity contribution is 8.78. The summed E-state index contributed by atoms with van der Waals surface area (Å²) in [6.45, 7) is 14.2. The van der Waals surface area contributed by atoms with Gasteiger partial charge in [-0.05, 0) is 62.1 Å². The molecule has 0 radical (unpaired) electrons. The quantitative estimate of drug-likeness (QED) is 0.0601. The van der Waals surface area contributed by atoms with Crippen molar-refractivity contribution in [1.29, 1.82) is 0 Å². The zero-order valence-corrected chi connectivity index (χ0v) is 32.0. The fraction of sp³-hybridized carbons (Fsp3) is 0.941. The van der Waals surface area contributed by atoms with Crippen LogP contribution in [0.25, 0.3) is 0 Å². The van der Waals surface area contributed by atoms with Gasteiger partial charge in [-0.2, -0.15) is 0 Å². The summed E-state index contributed by atoms with van der Waals surface area (Å²) < 4.78 is 2.78. The minimum atomic E-state index is 0.286. The first kappa shape index (κ1) is 40.0. The van der Waals surface area contributed by atoms with Crippen LogP contribution in [-0.4, -0.2) is 19.7 Å². The summed E-state index contributed by atoms with van der Waals surface area (Å²) in [5, 5.41) is 8.98. The fourth-order valence-electron chi connectivity index (χ4n) is 5.07. The van der Waals surface area contributed by atoms with Crippen molar-refractivity contribution in [2.75, 3.05) is 0 Å². The lowest BCUT2D eigenvalue weighted by molar-refractivity contribution is 0.524. The Morgan fingerprint density at radius 1 is 0.439 bits per heavy atom. The summed E-state index contributed by atoms with van der Waals surface area (Å²) in [5.41, 5.74) is 0. The van der Waals surface area contributed by atoms with Crippen molar-refractivity contribution < 1.29 is 0 Å². The molecule has 1 heterocycles. The van der Waals surface area contributed by atoms with Crippen LogP contribution in [0.5, 0.6) is 0 Å². The monoisotopic (exact) mass is 662 g/mol. The zero-order valence-electron chi connectivity index (χ0n) is 27.9. The average Bonchev–Trinajstić information content (AvgIpc) is 3.41. The average molecular weight is 663 g/mol. The van der Waals surface area contributed by atoms with E-state index in [1.807, 2.05) is 43.2 Å². The lowest BCUT2D eigenvalue weighted by Gasteiger charge is -2.22. The predicted molar refractivity (Wildman–Crippen MR) is 197 cm³/mol. The van der Waals surface area contributed by atoms with Crippen LogP contribution >= 0.6 is 54.5 Å². The normalized spacial score (nSPS) is 12.4. The summed E-state index contributed by atoms with van der Waals surface area (Å²) in [5.74, 6) is 0. The molecule has 0 spiro atoms. The van der Waals surface area contributed by atoms with Crippen molar-refractivity contribution in [2.24, 2.45) is 0 Å². The number of aromatic nitrogens is 2. The smallest absolute Gasteiger partial charge is 0.130 e. The molecule has 0 saturated heterocycles. The Hall–Kier alpha value is 0.960. The molecular formula is C34H66N2S5. The highest BCUT2D eigenvalue weighted by Crippen LogP contribution is 2.48. The second-order valence-corrected chi connectivity index (χ2v) is 20.4. The summed E-state index contributed by atoms with van der Waals surface area (Å²) in [6.07, 6.45) is 33.7. The van der Waals surface area contributed by atoms with Crippen molar-refractivity contribution in [3.63, 3.8) is 0 Å². The van der Waals surface area contributed by atoms with Crippen molar-refractivity contribution in [3.8, 4) is 0 Å². The van der Waals surface area contributed by atoms with E-state index < -0.39 is 0 Å². The zero-order chi connectivity index (χ0) is 30.1. The largest absolute Gasteiger partial charge is 0.185 e. The van der Waals surface area contributed by atoms with Crippen LogP contribution in [0.3, 0.4) is 0 Å². The molecule has 0 aliphatic carbocycles. The van der Waals surface area contributed by atoms with Gasteiger partial charge in [0.2, 0.25) is 0 Å². The molecule has 0 aliphatic heterocycles. The van der Waals surface area contributed by atoms with Gasteiger partial charge in [0, 0.05) is 9.49 Å². The topological polar surface area (TPSA) is 25.8 Å². The van der Waals surface area contributed by atoms with Crippen molar-refractivity contribution >= 4 is 54.5 Å². The van der Waals surface area contributed by atoms with Crippen LogP contribution in [0, 0.1) is 0 Å². The Labute approximate surface area is 276 Å². The molecule has 1 rings (SSSR count). The van der Waals surface area contributed by atoms with E-state index in [2.05, 4.69) is 51.7 Å². The van der Waals surface area contributed by atoms with E-state index in [1.165, 1.54) is 154 Å². The van der Waals surface area contributed by atoms with Gasteiger partial charge >= 0.3 is 0 Å². The summed E-state index contributed by atoms with van der Waals surface area (Å²) in [7, 11) is 7.63. The molecule has 0 amide bonds. The van der Waals surface area contributed by atoms with Gasteiger partial charge < -0.3 is 0 Å². The van der Waals surface area contributed by atoms with E-state index in [1.54, 1.807) is 11.3 Å². The van der Waals surface area contributed by atoms with Gasteiger partial charge in [0.05, 0.1) is 0 Å². The molecule has 0 fully saturated rings. The Morgan fingerprint density at radius 2 is 0.707 bits per heavy atom. The molecule has 0 unspecified atom stereocenters. The lowest BCUT2D eigenvalue weighted by atomic mass is 10.0. The van der Waals surface area contributed by atoms with Crippen LogP contribution in [0.2, 0.25) is 0 Å². The maximum Gasteiger partial charge on any atom is 0.185 e. The van der Waals surface area contributed by atoms with Crippen molar-refractivity contribution in [3.05, 3.63) is 0 Å². The van der Waals surface area contributed by atoms with E-state index in [4.69, 9.17) is 0 Å². The van der Waals surface area contributed by atoms with E-state index in [9.17, 15) is 0 Å². The Morgan fingerprint density at radius 3 is 1.00 bits per heavy atom. The van der Waals surface area contributed by atoms with E-state index in [0.717, 1.165) is 8.68 Å². The number of unbranched alkanes of at least 4 members (excludes halogenated alkanes) is 20. The number of nitrogens with zero attached hydrogens (tertiary/aromatic N) is 2. The molecule has 1 aromatic heterocycles. The number of rotatable bonds is 30. The van der Waals surface area contributed by atoms with Crippen LogP contribution in [0.1, 0.15) is 196 Å². The molecule has 0 saturated carbocycles. The highest BCUT2D eigenvalue weighted by Gasteiger charge is 2.22. The summed E-state index contributed by atoms with van der Waals surface area (Å²) in [6, 6.07) is 0. The van der Waals surface area contributed by atoms with Gasteiger partial charge in [0.15, 0.2) is 8.68 Å². The molecule has 2 nitrogen and oxygen atoms in total. The maximum atomic E-state index is 4.49. The van der Waals surface area contributed by atoms with Gasteiger partial charge in [-0.25, -0.2) is 0 Å². The maximum absolute atomic E-state index is 4.49. The van der Waals surface area contributed by atoms with Gasteiger partial charge in [-0.15, -0.1) is 10.2 Å². The van der Waals surface area contributed by atoms with Gasteiger partial charge in [-0.1, -0.05) is 188 Å². The molecule has 1 aromatic rings. The summed E-state index contributed by atoms with van der Waals surface area (Å²) >= 11 is 1.77. The lowest BCUT2D eigenvalue weighted by Crippen LogP contribution is -2.12. The Balaban J connectivity index is 2.08. The number of hydrogen-bond donors (Lipinski definition) is 0. The molecule has 242 valence electrons. The molecule has 0 bridgehead atoms. The first-order valence-electron chi connectivity index (χ1n) is 17.3. The van der Waals surface area contributed by atoms with Crippen LogP contribution in [0.15, 0.2) is 8.68 Å². The second-order valence-electron chi connectivity index (χ2n) is 13.3. The molecular weight excluding hydrogens is 597 g/mol. The van der Waals surface area contributed by atoms with Crippen LogP contribution in [-0.2, 0) is 0 Å². The molecule has 0 aromatic carbocycles. The van der Waals surface area contributed by atoms with Gasteiger partial charge in [0.25, 0.3) is 0 Å². The minimum absolute atomic E-state index is 0.286. The second kappa shape index (κ2) is 26.2. The standard InChI is InChI=1S/C34H66N2S5/c1-7-9-11-13-15-17-19-21-23-25-27-29-33(3,4)40-38-31-35-36-32(37-31)39-41-34(5,6)30-28-26-24-22-20-18-16-14-12-10-8-2/h7-30H2,1-6H3. The first-order chi connectivity index (χ1) is 19.8. The first-order valence-corrected chi connectivity index (χ1v) is 22.4. The predicted octanol–water partition coefficient (Wildman–Crippen LogP) is 15.0. The van der Waals surface area contributed by atoms with E-state index >= 15 is 0 Å². The SMILES string of the molecule is CCCCCCCCCCCCCC(C)(C)SSc1nnc(SSC(C)(C)CCCCCCCCCCCCC)s1. The number of hydrogen-bond acceptors (Lipinski definition) is 7. The molecule has 7 heteroatoms. The highest BCUT2D eigenvalue weighted by atomic mass is 33.1. The minimum Gasteiger partial charge on any atom is -0.130 e. The molecule has 41 heavy (non-hydrogen) atoms. The van der Waals surface area contributed by atoms with Crippen LogP contribution < -0.4 is 0 Å². The van der Waals surface area contributed by atoms with Crippen molar-refractivity contribution in [1.82, 2.24) is 10.2 Å². The fourth-order valence-corrected chi connectivity index (χ4v) is 11.2. The van der Waals surface area contributed by atoms with E-state index in [-0.39, 0.29) is 9.49 Å². The molecule has 0 aliphatic rings. The van der Waals surface area contributed by atoms with Crippen LogP contribution in [0.4, 0.5) is 0 Å². The van der Waals surface area contributed by atoms with E-state index in [0.29, 0.717) is 0 Å². The third-order valence-corrected chi connectivity index (χ3v) is 16.1. The summed E-state index contributed by atoms with van der Waals surface area (Å²) in [4.78, 5) is 0. The third-order valence-electron chi connectivity index (χ3n) is 7.83. The molecule has 0 N–H and O–H groups in total. The molecule has 0 atom stereocenters. The Bertz CT molecular complexity index is 651. The van der Waals surface area contributed by atoms with Gasteiger partial charge in [0.1, 0.15) is 0 Å².